The van der Waals surface area contributed by atoms with Gasteiger partial charge < -0.3 is 40.1 Å². The largest absolute Gasteiger partial charge is 0.504 e. The lowest BCUT2D eigenvalue weighted by atomic mass is 9.86. The van der Waals surface area contributed by atoms with Crippen LogP contribution in [-0.2, 0) is 9.47 Å². The van der Waals surface area contributed by atoms with Crippen LogP contribution in [-0.4, -0.2) is 67.6 Å². The monoisotopic (exact) mass is 314 g/mol. The van der Waals surface area contributed by atoms with Crippen molar-refractivity contribution >= 4 is 5.97 Å². The number of esters is 1. The maximum absolute atomic E-state index is 11.9. The van der Waals surface area contributed by atoms with Crippen LogP contribution in [0.25, 0.3) is 0 Å². The topological polar surface area (TPSA) is 157 Å². The van der Waals surface area contributed by atoms with Gasteiger partial charge in [-0.3, -0.25) is 0 Å². The lowest BCUT2D eigenvalue weighted by Gasteiger charge is -2.44. The van der Waals surface area contributed by atoms with Crippen molar-refractivity contribution in [1.82, 2.24) is 0 Å². The molecule has 0 radical (unpaired) electrons. The number of hydrogen-bond donors (Lipinski definition) is 6. The number of aliphatic hydroxyl groups is 3. The molecule has 2 heterocycles. The summed E-state index contributed by atoms with van der Waals surface area (Å²) in [4.78, 5) is 11.9. The van der Waals surface area contributed by atoms with E-state index in [9.17, 15) is 35.4 Å². The molecule has 1 aromatic rings. The van der Waals surface area contributed by atoms with Crippen LogP contribution in [0.2, 0.25) is 0 Å². The zero-order valence-electron chi connectivity index (χ0n) is 11.1. The highest BCUT2D eigenvalue weighted by atomic mass is 16.6. The summed E-state index contributed by atoms with van der Waals surface area (Å²) >= 11 is 0. The van der Waals surface area contributed by atoms with Crippen LogP contribution in [0.5, 0.6) is 17.2 Å². The van der Waals surface area contributed by atoms with Gasteiger partial charge in [-0.2, -0.15) is 0 Å². The summed E-state index contributed by atoms with van der Waals surface area (Å²) in [7, 11) is 0. The Morgan fingerprint density at radius 3 is 2.41 bits per heavy atom. The number of benzene rings is 1. The smallest absolute Gasteiger partial charge is 0.339 e. The molecule has 0 aromatic heterocycles. The van der Waals surface area contributed by atoms with Gasteiger partial charge in [0.25, 0.3) is 0 Å². The normalized spacial score (nSPS) is 33.8. The van der Waals surface area contributed by atoms with Gasteiger partial charge in [-0.1, -0.05) is 0 Å². The van der Waals surface area contributed by atoms with Gasteiger partial charge in [0, 0.05) is 5.56 Å². The number of fused-ring (bicyclic) bond motifs is 3. The Balaban J connectivity index is 2.15. The molecule has 0 bridgehead atoms. The molecule has 1 saturated heterocycles. The minimum atomic E-state index is -1.55. The van der Waals surface area contributed by atoms with Crippen molar-refractivity contribution in [3.8, 4) is 17.2 Å². The van der Waals surface area contributed by atoms with E-state index in [2.05, 4.69) is 0 Å². The third-order valence-electron chi connectivity index (χ3n) is 3.91. The fraction of sp³-hybridized carbons (Fsp3) is 0.462. The van der Waals surface area contributed by atoms with E-state index in [1.54, 1.807) is 0 Å². The van der Waals surface area contributed by atoms with Crippen molar-refractivity contribution in [1.29, 1.82) is 0 Å². The Labute approximate surface area is 123 Å². The van der Waals surface area contributed by atoms with Crippen LogP contribution in [0.3, 0.4) is 0 Å². The number of phenolic OH excluding ortho intramolecular Hbond substituents is 3. The molecule has 9 nitrogen and oxygen atoms in total. The summed E-state index contributed by atoms with van der Waals surface area (Å²) in [6.45, 7) is -0.616. The lowest BCUT2D eigenvalue weighted by Crippen LogP contribution is -2.58. The van der Waals surface area contributed by atoms with Crippen LogP contribution >= 0.6 is 0 Å². The third kappa shape index (κ3) is 1.91. The molecule has 2 aliphatic rings. The molecule has 1 fully saturated rings. The summed E-state index contributed by atoms with van der Waals surface area (Å²) < 4.78 is 10.4. The average molecular weight is 314 g/mol. The van der Waals surface area contributed by atoms with Gasteiger partial charge in [-0.05, 0) is 6.07 Å². The van der Waals surface area contributed by atoms with Crippen molar-refractivity contribution < 1.29 is 44.9 Å². The second-order valence-electron chi connectivity index (χ2n) is 5.18. The fourth-order valence-corrected chi connectivity index (χ4v) is 2.76. The minimum absolute atomic E-state index is 0.180. The lowest BCUT2D eigenvalue weighted by molar-refractivity contribution is -0.235. The molecule has 3 rings (SSSR count). The van der Waals surface area contributed by atoms with Crippen molar-refractivity contribution in [2.75, 3.05) is 6.61 Å². The van der Waals surface area contributed by atoms with E-state index in [4.69, 9.17) is 9.47 Å². The van der Waals surface area contributed by atoms with E-state index >= 15 is 0 Å². The first-order valence-corrected chi connectivity index (χ1v) is 6.48. The van der Waals surface area contributed by atoms with E-state index < -0.39 is 60.3 Å². The predicted octanol–water partition coefficient (Wildman–Crippen LogP) is -1.50. The van der Waals surface area contributed by atoms with E-state index in [0.29, 0.717) is 0 Å². The number of phenols is 3. The first kappa shape index (κ1) is 14.9. The van der Waals surface area contributed by atoms with Crippen molar-refractivity contribution in [3.05, 3.63) is 17.2 Å². The number of hydrogen-bond acceptors (Lipinski definition) is 9. The predicted molar refractivity (Wildman–Crippen MR) is 67.4 cm³/mol. The molecular weight excluding hydrogens is 300 g/mol. The Hall–Kier alpha value is -2.07. The molecule has 22 heavy (non-hydrogen) atoms. The number of carbonyl (C=O) groups is 1. The maximum Gasteiger partial charge on any atom is 0.339 e. The third-order valence-corrected chi connectivity index (χ3v) is 3.91. The van der Waals surface area contributed by atoms with Crippen LogP contribution < -0.4 is 0 Å². The highest BCUT2D eigenvalue weighted by molar-refractivity contribution is 5.95. The van der Waals surface area contributed by atoms with Gasteiger partial charge >= 0.3 is 5.97 Å². The SMILES string of the molecule is O=C1O[C@H]2[C@@H](O)[C@H](O)[C@H](CO)O[C@@H]2c2c1cc(O)c(O)c2O. The number of aliphatic hydroxyl groups excluding tert-OH is 3. The van der Waals surface area contributed by atoms with Crippen LogP contribution in [0.1, 0.15) is 22.0 Å². The van der Waals surface area contributed by atoms with Gasteiger partial charge in [0.1, 0.15) is 24.4 Å². The molecule has 0 unspecified atom stereocenters. The van der Waals surface area contributed by atoms with Gasteiger partial charge in [0.05, 0.1) is 12.2 Å². The number of ether oxygens (including phenoxy) is 2. The second-order valence-corrected chi connectivity index (χ2v) is 5.18. The molecular formula is C13H14O9. The van der Waals surface area contributed by atoms with Crippen LogP contribution in [0, 0.1) is 0 Å². The Morgan fingerprint density at radius 1 is 1.09 bits per heavy atom. The van der Waals surface area contributed by atoms with Crippen LogP contribution in [0.15, 0.2) is 6.07 Å². The molecule has 0 aliphatic carbocycles. The van der Waals surface area contributed by atoms with Gasteiger partial charge in [-0.15, -0.1) is 0 Å². The summed E-state index contributed by atoms with van der Waals surface area (Å²) in [6, 6.07) is 0.900. The summed E-state index contributed by atoms with van der Waals surface area (Å²) in [6.07, 6.45) is -6.75. The van der Waals surface area contributed by atoms with Crippen molar-refractivity contribution in [3.63, 3.8) is 0 Å². The highest BCUT2D eigenvalue weighted by Crippen LogP contribution is 2.49. The molecule has 1 aromatic carbocycles. The van der Waals surface area contributed by atoms with Crippen molar-refractivity contribution in [2.45, 2.75) is 30.5 Å². The minimum Gasteiger partial charge on any atom is -0.504 e. The van der Waals surface area contributed by atoms with Crippen molar-refractivity contribution in [2.24, 2.45) is 0 Å². The Bertz CT molecular complexity index is 628. The summed E-state index contributed by atoms with van der Waals surface area (Å²) in [5, 5.41) is 58.1. The zero-order chi connectivity index (χ0) is 16.2. The molecule has 6 N–H and O–H groups in total. The standard InChI is InChI=1S/C13H14O9/c14-2-5-8(17)10(19)12-11(21-5)6-3(13(20)22-12)1-4(15)7(16)9(6)18/h1,5,8,10-12,14-19H,2H2/t5-,8+,10-,11+,12-/m0/s1. The first-order chi connectivity index (χ1) is 10.4. The molecule has 5 atom stereocenters. The Morgan fingerprint density at radius 2 is 1.77 bits per heavy atom. The molecule has 0 amide bonds. The molecule has 9 heteroatoms. The number of rotatable bonds is 1. The fourth-order valence-electron chi connectivity index (χ4n) is 2.76. The molecule has 0 spiro atoms. The first-order valence-electron chi connectivity index (χ1n) is 6.48. The van der Waals surface area contributed by atoms with E-state index in [-0.39, 0.29) is 11.1 Å². The number of aromatic hydroxyl groups is 3. The van der Waals surface area contributed by atoms with Gasteiger partial charge in [-0.25, -0.2) is 4.79 Å². The Kier molecular flexibility index (Phi) is 3.37. The summed E-state index contributed by atoms with van der Waals surface area (Å²) in [5.74, 6) is -3.32. The van der Waals surface area contributed by atoms with E-state index in [1.165, 1.54) is 0 Å². The van der Waals surface area contributed by atoms with Crippen LogP contribution in [0.4, 0.5) is 0 Å². The van der Waals surface area contributed by atoms with E-state index in [1.807, 2.05) is 0 Å². The molecule has 120 valence electrons. The molecule has 2 aliphatic heterocycles. The van der Waals surface area contributed by atoms with E-state index in [0.717, 1.165) is 6.07 Å². The van der Waals surface area contributed by atoms with Gasteiger partial charge in [0.2, 0.25) is 5.75 Å². The van der Waals surface area contributed by atoms with Gasteiger partial charge in [0.15, 0.2) is 17.6 Å². The maximum atomic E-state index is 11.9. The average Bonchev–Trinajstić information content (AvgIpc) is 2.49. The second kappa shape index (κ2) is 4.99. The highest BCUT2D eigenvalue weighted by Gasteiger charge is 2.51. The molecule has 0 saturated carbocycles. The summed E-state index contributed by atoms with van der Waals surface area (Å²) in [5.41, 5.74) is -0.421. The number of carbonyl (C=O) groups excluding carboxylic acids is 1. The quantitative estimate of drug-likeness (QED) is 0.268. The zero-order valence-corrected chi connectivity index (χ0v) is 11.1.